The Morgan fingerprint density at radius 3 is 2.38 bits per heavy atom. The minimum absolute atomic E-state index is 0.0977. The Morgan fingerprint density at radius 1 is 1.09 bits per heavy atom. The maximum Gasteiger partial charge on any atom is 0.251 e. The Kier molecular flexibility index (Phi) is 7.68. The van der Waals surface area contributed by atoms with E-state index in [4.69, 9.17) is 0 Å². The first kappa shape index (κ1) is 23.9. The highest BCUT2D eigenvalue weighted by Gasteiger charge is 2.27. The van der Waals surface area contributed by atoms with Gasteiger partial charge in [-0.1, -0.05) is 43.8 Å². The number of thiazole rings is 1. The lowest BCUT2D eigenvalue weighted by Crippen LogP contribution is -2.33. The molecule has 0 saturated heterocycles. The van der Waals surface area contributed by atoms with Crippen molar-refractivity contribution in [3.63, 3.8) is 0 Å². The van der Waals surface area contributed by atoms with Crippen LogP contribution in [0, 0.1) is 19.8 Å². The molecule has 10 heteroatoms. The van der Waals surface area contributed by atoms with Crippen molar-refractivity contribution in [1.29, 1.82) is 0 Å². The number of thioether (sulfide) groups is 1. The summed E-state index contributed by atoms with van der Waals surface area (Å²) in [6, 6.07) is 8.76. The van der Waals surface area contributed by atoms with Gasteiger partial charge in [-0.3, -0.25) is 9.59 Å². The van der Waals surface area contributed by atoms with Crippen LogP contribution in [0.15, 0.2) is 35.5 Å². The summed E-state index contributed by atoms with van der Waals surface area (Å²) >= 11 is 2.77. The molecule has 2 N–H and O–H groups in total. The van der Waals surface area contributed by atoms with E-state index in [9.17, 15) is 9.59 Å². The topological polar surface area (TPSA) is 102 Å². The number of hydrogen-bond acceptors (Lipinski definition) is 7. The molecule has 1 aromatic carbocycles. The van der Waals surface area contributed by atoms with Gasteiger partial charge in [-0.15, -0.1) is 21.5 Å². The fourth-order valence-electron chi connectivity index (χ4n) is 2.99. The fourth-order valence-corrected chi connectivity index (χ4v) is 4.63. The lowest BCUT2D eigenvalue weighted by molar-refractivity contribution is -0.115. The van der Waals surface area contributed by atoms with Crippen LogP contribution in [-0.2, 0) is 11.8 Å². The molecule has 2 amide bonds. The molecule has 0 fully saturated rings. The number of carbonyl (C=O) groups is 2. The fraction of sp³-hybridized carbons (Fsp3) is 0.409. The van der Waals surface area contributed by atoms with Crippen LogP contribution in [0.2, 0.25) is 0 Å². The molecule has 170 valence electrons. The van der Waals surface area contributed by atoms with E-state index in [-0.39, 0.29) is 23.8 Å². The number of hydrogen-bond donors (Lipinski definition) is 2. The summed E-state index contributed by atoms with van der Waals surface area (Å²) in [5.41, 5.74) is 1.51. The highest BCUT2D eigenvalue weighted by molar-refractivity contribution is 8.00. The molecule has 0 radical (unpaired) electrons. The smallest absolute Gasteiger partial charge is 0.251 e. The van der Waals surface area contributed by atoms with Crippen molar-refractivity contribution < 1.29 is 9.59 Å². The molecule has 2 heterocycles. The molecule has 0 spiro atoms. The molecule has 2 aromatic heterocycles. The van der Waals surface area contributed by atoms with Crippen molar-refractivity contribution in [2.75, 3.05) is 5.32 Å². The van der Waals surface area contributed by atoms with Gasteiger partial charge in [-0.05, 0) is 38.8 Å². The molecule has 0 aliphatic rings. The van der Waals surface area contributed by atoms with Crippen LogP contribution in [0.5, 0.6) is 0 Å². The lowest BCUT2D eigenvalue weighted by atomic mass is 10.0. The highest BCUT2D eigenvalue weighted by atomic mass is 32.2. The number of rotatable bonds is 8. The van der Waals surface area contributed by atoms with E-state index in [2.05, 4.69) is 25.8 Å². The summed E-state index contributed by atoms with van der Waals surface area (Å²) in [6.45, 7) is 9.75. The van der Waals surface area contributed by atoms with Crippen molar-refractivity contribution in [3.8, 4) is 0 Å². The van der Waals surface area contributed by atoms with E-state index in [0.717, 1.165) is 10.6 Å². The molecule has 2 atom stereocenters. The standard InChI is InChI=1S/C22H28N6O2S2/c1-12(2)17(24-20(30)16-10-8-7-9-11-16)18-26-27-22(28(18)6)32-15(5)19(29)25-21-23-13(3)14(4)31-21/h7-12,15,17H,1-6H3,(H,24,30)(H,23,25,29)/t15-,17-/m1/s1. The van der Waals surface area contributed by atoms with Crippen molar-refractivity contribution >= 4 is 40.0 Å². The number of benzene rings is 1. The minimum atomic E-state index is -0.397. The average Bonchev–Trinajstić information content (AvgIpc) is 3.27. The van der Waals surface area contributed by atoms with Gasteiger partial charge >= 0.3 is 0 Å². The van der Waals surface area contributed by atoms with E-state index < -0.39 is 5.25 Å². The summed E-state index contributed by atoms with van der Waals surface area (Å²) in [5.74, 6) is 0.431. The van der Waals surface area contributed by atoms with Crippen molar-refractivity contribution in [3.05, 3.63) is 52.3 Å². The number of aryl methyl sites for hydroxylation is 2. The van der Waals surface area contributed by atoms with Crippen LogP contribution in [0.3, 0.4) is 0 Å². The van der Waals surface area contributed by atoms with Crippen molar-refractivity contribution in [2.45, 2.75) is 51.1 Å². The van der Waals surface area contributed by atoms with Gasteiger partial charge in [0.05, 0.1) is 17.0 Å². The van der Waals surface area contributed by atoms with Crippen LogP contribution in [0.25, 0.3) is 0 Å². The molecular weight excluding hydrogens is 444 g/mol. The van der Waals surface area contributed by atoms with Crippen molar-refractivity contribution in [2.24, 2.45) is 13.0 Å². The molecule has 0 saturated carbocycles. The molecule has 0 aliphatic heterocycles. The number of aromatic nitrogens is 4. The van der Waals surface area contributed by atoms with Crippen LogP contribution < -0.4 is 10.6 Å². The second-order valence-corrected chi connectivity index (χ2v) is 10.4. The third kappa shape index (κ3) is 5.55. The molecule has 32 heavy (non-hydrogen) atoms. The molecule has 8 nitrogen and oxygen atoms in total. The quantitative estimate of drug-likeness (QED) is 0.478. The van der Waals surface area contributed by atoms with Gasteiger partial charge in [0, 0.05) is 17.5 Å². The zero-order valence-electron chi connectivity index (χ0n) is 19.0. The molecule has 3 rings (SSSR count). The predicted molar refractivity (Wildman–Crippen MR) is 128 cm³/mol. The maximum atomic E-state index is 12.7. The van der Waals surface area contributed by atoms with Crippen LogP contribution >= 0.6 is 23.1 Å². The zero-order chi connectivity index (χ0) is 23.4. The van der Waals surface area contributed by atoms with Crippen LogP contribution in [0.1, 0.15) is 53.6 Å². The number of carbonyl (C=O) groups excluding carboxylic acids is 2. The summed E-state index contributed by atoms with van der Waals surface area (Å²) in [7, 11) is 1.85. The number of amides is 2. The third-order valence-electron chi connectivity index (χ3n) is 5.05. The summed E-state index contributed by atoms with van der Waals surface area (Å²) < 4.78 is 1.84. The van der Waals surface area contributed by atoms with E-state index in [0.29, 0.717) is 21.7 Å². The zero-order valence-corrected chi connectivity index (χ0v) is 20.7. The average molecular weight is 473 g/mol. The van der Waals surface area contributed by atoms with Crippen LogP contribution in [-0.4, -0.2) is 36.8 Å². The van der Waals surface area contributed by atoms with Crippen molar-refractivity contribution in [1.82, 2.24) is 25.1 Å². The normalized spacial score (nSPS) is 13.1. The Balaban J connectivity index is 1.70. The summed E-state index contributed by atoms with van der Waals surface area (Å²) in [5, 5.41) is 15.3. The first-order valence-corrected chi connectivity index (χ1v) is 12.0. The van der Waals surface area contributed by atoms with Gasteiger partial charge in [0.15, 0.2) is 16.1 Å². The van der Waals surface area contributed by atoms with E-state index >= 15 is 0 Å². The molecular formula is C22H28N6O2S2. The van der Waals surface area contributed by atoms with Crippen LogP contribution in [0.4, 0.5) is 5.13 Å². The molecule has 3 aromatic rings. The van der Waals surface area contributed by atoms with Gasteiger partial charge in [0.2, 0.25) is 5.91 Å². The minimum Gasteiger partial charge on any atom is -0.342 e. The van der Waals surface area contributed by atoms with Gasteiger partial charge in [0.25, 0.3) is 5.91 Å². The van der Waals surface area contributed by atoms with Gasteiger partial charge < -0.3 is 15.2 Å². The lowest BCUT2D eigenvalue weighted by Gasteiger charge is -2.22. The molecule has 0 aliphatic carbocycles. The summed E-state index contributed by atoms with van der Waals surface area (Å²) in [6.07, 6.45) is 0. The van der Waals surface area contributed by atoms with E-state index in [1.807, 2.05) is 64.4 Å². The number of nitrogens with one attached hydrogen (secondary N) is 2. The predicted octanol–water partition coefficient (Wildman–Crippen LogP) is 4.13. The number of anilines is 1. The Morgan fingerprint density at radius 2 is 1.78 bits per heavy atom. The third-order valence-corrected chi connectivity index (χ3v) is 7.17. The van der Waals surface area contributed by atoms with Gasteiger partial charge in [0.1, 0.15) is 0 Å². The first-order valence-electron chi connectivity index (χ1n) is 10.3. The SMILES string of the molecule is Cc1nc(NC(=O)[C@@H](C)Sc2nnc([C@H](NC(=O)c3ccccc3)C(C)C)n2C)sc1C. The number of nitrogens with zero attached hydrogens (tertiary/aromatic N) is 4. The second kappa shape index (κ2) is 10.3. The Hall–Kier alpha value is -2.72. The molecule has 0 bridgehead atoms. The monoisotopic (exact) mass is 472 g/mol. The van der Waals surface area contributed by atoms with Gasteiger partial charge in [-0.25, -0.2) is 4.98 Å². The summed E-state index contributed by atoms with van der Waals surface area (Å²) in [4.78, 5) is 30.7. The second-order valence-electron chi connectivity index (χ2n) is 7.87. The molecule has 0 unspecified atom stereocenters. The highest BCUT2D eigenvalue weighted by Crippen LogP contribution is 2.28. The largest absolute Gasteiger partial charge is 0.342 e. The van der Waals surface area contributed by atoms with E-state index in [1.165, 1.54) is 23.1 Å². The Bertz CT molecular complexity index is 1070. The first-order chi connectivity index (χ1) is 15.2. The van der Waals surface area contributed by atoms with Gasteiger partial charge in [-0.2, -0.15) is 0 Å². The van der Waals surface area contributed by atoms with E-state index in [1.54, 1.807) is 12.1 Å². The Labute approximate surface area is 196 Å². The maximum absolute atomic E-state index is 12.7.